The molecule has 27 heavy (non-hydrogen) atoms. The summed E-state index contributed by atoms with van der Waals surface area (Å²) >= 11 is 0. The van der Waals surface area contributed by atoms with Gasteiger partial charge in [-0.3, -0.25) is 9.59 Å². The topological polar surface area (TPSA) is 58.2 Å². The van der Waals surface area contributed by atoms with Gasteiger partial charge in [0.05, 0.1) is 11.6 Å². The van der Waals surface area contributed by atoms with Crippen LogP contribution < -0.4 is 10.6 Å². The lowest BCUT2D eigenvalue weighted by atomic mass is 10.0. The first-order valence-corrected chi connectivity index (χ1v) is 8.49. The van der Waals surface area contributed by atoms with E-state index in [1.807, 2.05) is 19.1 Å². The summed E-state index contributed by atoms with van der Waals surface area (Å²) < 4.78 is 38.3. The third kappa shape index (κ3) is 5.84. The number of hydrogen-bond acceptors (Lipinski definition) is 2. The molecule has 0 aliphatic rings. The molecular weight excluding hydrogens is 357 g/mol. The van der Waals surface area contributed by atoms with Gasteiger partial charge in [0, 0.05) is 18.5 Å². The number of carbonyl (C=O) groups excluding carboxylic acids is 2. The molecule has 2 aromatic rings. The molecule has 2 N–H and O–H groups in total. The van der Waals surface area contributed by atoms with E-state index in [1.165, 1.54) is 12.1 Å². The van der Waals surface area contributed by atoms with Crippen LogP contribution in [-0.4, -0.2) is 18.4 Å². The standard InChI is InChI=1S/C20H21F3N2O2/c1-13-6-3-4-9-17(13)19(27)24-11-10-18(26)25-14(2)15-7-5-8-16(12-15)20(21,22)23/h3-9,12,14H,10-11H2,1-2H3,(H,24,27)(H,25,26). The smallest absolute Gasteiger partial charge is 0.352 e. The highest BCUT2D eigenvalue weighted by molar-refractivity contribution is 5.95. The van der Waals surface area contributed by atoms with Crippen molar-refractivity contribution in [3.05, 3.63) is 70.8 Å². The molecule has 0 heterocycles. The van der Waals surface area contributed by atoms with Crippen LogP contribution in [-0.2, 0) is 11.0 Å². The fourth-order valence-corrected chi connectivity index (χ4v) is 2.59. The third-order valence-corrected chi connectivity index (χ3v) is 4.12. The molecule has 0 aliphatic carbocycles. The molecule has 2 rings (SSSR count). The van der Waals surface area contributed by atoms with Crippen LogP contribution in [0.4, 0.5) is 13.2 Å². The van der Waals surface area contributed by atoms with E-state index < -0.39 is 17.8 Å². The zero-order chi connectivity index (χ0) is 20.0. The molecule has 0 fully saturated rings. The number of halogens is 3. The van der Waals surface area contributed by atoms with Crippen molar-refractivity contribution in [1.29, 1.82) is 0 Å². The second-order valence-electron chi connectivity index (χ2n) is 6.23. The Morgan fingerprint density at radius 1 is 1.07 bits per heavy atom. The number of carbonyl (C=O) groups is 2. The lowest BCUT2D eigenvalue weighted by molar-refractivity contribution is -0.137. The van der Waals surface area contributed by atoms with Gasteiger partial charge in [-0.25, -0.2) is 0 Å². The number of rotatable bonds is 6. The van der Waals surface area contributed by atoms with Crippen molar-refractivity contribution in [2.45, 2.75) is 32.5 Å². The summed E-state index contributed by atoms with van der Waals surface area (Å²) in [6.45, 7) is 3.56. The highest BCUT2D eigenvalue weighted by Gasteiger charge is 2.30. The quantitative estimate of drug-likeness (QED) is 0.798. The van der Waals surface area contributed by atoms with Gasteiger partial charge in [0.1, 0.15) is 0 Å². The van der Waals surface area contributed by atoms with Crippen LogP contribution >= 0.6 is 0 Å². The van der Waals surface area contributed by atoms with E-state index in [0.717, 1.165) is 17.7 Å². The van der Waals surface area contributed by atoms with Crippen LogP contribution in [0.2, 0.25) is 0 Å². The summed E-state index contributed by atoms with van der Waals surface area (Å²) in [4.78, 5) is 24.1. The van der Waals surface area contributed by atoms with E-state index in [1.54, 1.807) is 19.1 Å². The van der Waals surface area contributed by atoms with Crippen LogP contribution in [0.3, 0.4) is 0 Å². The fourth-order valence-electron chi connectivity index (χ4n) is 2.59. The van der Waals surface area contributed by atoms with E-state index in [4.69, 9.17) is 0 Å². The molecule has 2 aromatic carbocycles. The highest BCUT2D eigenvalue weighted by atomic mass is 19.4. The number of alkyl halides is 3. The number of hydrogen-bond donors (Lipinski definition) is 2. The molecule has 7 heteroatoms. The minimum Gasteiger partial charge on any atom is -0.352 e. The third-order valence-electron chi connectivity index (χ3n) is 4.12. The Bertz CT molecular complexity index is 819. The molecule has 0 spiro atoms. The van der Waals surface area contributed by atoms with Gasteiger partial charge >= 0.3 is 6.18 Å². The van der Waals surface area contributed by atoms with Crippen LogP contribution in [0.1, 0.15) is 46.4 Å². The molecular formula is C20H21F3N2O2. The summed E-state index contributed by atoms with van der Waals surface area (Å²) in [6, 6.07) is 11.4. The van der Waals surface area contributed by atoms with Gasteiger partial charge in [-0.2, -0.15) is 13.2 Å². The van der Waals surface area contributed by atoms with E-state index in [2.05, 4.69) is 10.6 Å². The summed E-state index contributed by atoms with van der Waals surface area (Å²) in [5, 5.41) is 5.31. The van der Waals surface area contributed by atoms with Gasteiger partial charge in [0.15, 0.2) is 0 Å². The summed E-state index contributed by atoms with van der Waals surface area (Å²) in [6.07, 6.45) is -4.40. The molecule has 0 aromatic heterocycles. The second-order valence-corrected chi connectivity index (χ2v) is 6.23. The fraction of sp³-hybridized carbons (Fsp3) is 0.300. The predicted octanol–water partition coefficient (Wildman–Crippen LogP) is 4.01. The van der Waals surface area contributed by atoms with Crippen molar-refractivity contribution >= 4 is 11.8 Å². The molecule has 144 valence electrons. The number of amides is 2. The van der Waals surface area contributed by atoms with Gasteiger partial charge in [0.25, 0.3) is 5.91 Å². The SMILES string of the molecule is Cc1ccccc1C(=O)NCCC(=O)NC(C)c1cccc(C(F)(F)F)c1. The first-order valence-electron chi connectivity index (χ1n) is 8.49. The average molecular weight is 378 g/mol. The van der Waals surface area contributed by atoms with E-state index in [9.17, 15) is 22.8 Å². The van der Waals surface area contributed by atoms with Gasteiger partial charge in [-0.15, -0.1) is 0 Å². The Kier molecular flexibility index (Phi) is 6.60. The zero-order valence-corrected chi connectivity index (χ0v) is 15.1. The summed E-state index contributed by atoms with van der Waals surface area (Å²) in [5.41, 5.74) is 0.974. The van der Waals surface area contributed by atoms with Gasteiger partial charge in [0.2, 0.25) is 5.91 Å². The molecule has 0 aliphatic heterocycles. The maximum atomic E-state index is 12.8. The van der Waals surface area contributed by atoms with E-state index >= 15 is 0 Å². The molecule has 0 saturated carbocycles. The Morgan fingerprint density at radius 3 is 2.44 bits per heavy atom. The van der Waals surface area contributed by atoms with Crippen LogP contribution in [0.5, 0.6) is 0 Å². The van der Waals surface area contributed by atoms with E-state index in [0.29, 0.717) is 11.1 Å². The molecule has 2 amide bonds. The molecule has 0 bridgehead atoms. The Hall–Kier alpha value is -2.83. The first-order chi connectivity index (χ1) is 12.7. The van der Waals surface area contributed by atoms with E-state index in [-0.39, 0.29) is 24.8 Å². The molecule has 1 atom stereocenters. The molecule has 0 radical (unpaired) electrons. The van der Waals surface area contributed by atoms with Crippen molar-refractivity contribution in [2.75, 3.05) is 6.54 Å². The van der Waals surface area contributed by atoms with Crippen LogP contribution in [0.15, 0.2) is 48.5 Å². The van der Waals surface area contributed by atoms with Crippen LogP contribution in [0.25, 0.3) is 0 Å². The van der Waals surface area contributed by atoms with Crippen molar-refractivity contribution in [3.63, 3.8) is 0 Å². The minimum absolute atomic E-state index is 0.0287. The van der Waals surface area contributed by atoms with Crippen molar-refractivity contribution in [2.24, 2.45) is 0 Å². The lowest BCUT2D eigenvalue weighted by Gasteiger charge is -2.16. The second kappa shape index (κ2) is 8.70. The maximum absolute atomic E-state index is 12.8. The Balaban J connectivity index is 1.85. The largest absolute Gasteiger partial charge is 0.416 e. The minimum atomic E-state index is -4.43. The molecule has 4 nitrogen and oxygen atoms in total. The number of aryl methyl sites for hydroxylation is 1. The summed E-state index contributed by atoms with van der Waals surface area (Å²) in [7, 11) is 0. The van der Waals surface area contributed by atoms with Crippen molar-refractivity contribution in [3.8, 4) is 0 Å². The Morgan fingerprint density at radius 2 is 1.78 bits per heavy atom. The van der Waals surface area contributed by atoms with Crippen LogP contribution in [0, 0.1) is 6.92 Å². The molecule has 0 saturated heterocycles. The first kappa shape index (κ1) is 20.5. The predicted molar refractivity (Wildman–Crippen MR) is 96.1 cm³/mol. The monoisotopic (exact) mass is 378 g/mol. The normalized spacial score (nSPS) is 12.3. The van der Waals surface area contributed by atoms with Gasteiger partial charge in [-0.05, 0) is 43.2 Å². The van der Waals surface area contributed by atoms with Gasteiger partial charge < -0.3 is 10.6 Å². The van der Waals surface area contributed by atoms with Crippen molar-refractivity contribution in [1.82, 2.24) is 10.6 Å². The highest BCUT2D eigenvalue weighted by Crippen LogP contribution is 2.30. The lowest BCUT2D eigenvalue weighted by Crippen LogP contribution is -2.32. The van der Waals surface area contributed by atoms with Gasteiger partial charge in [-0.1, -0.05) is 30.3 Å². The maximum Gasteiger partial charge on any atom is 0.416 e. The molecule has 1 unspecified atom stereocenters. The number of nitrogens with one attached hydrogen (secondary N) is 2. The number of benzene rings is 2. The Labute approximate surface area is 155 Å². The van der Waals surface area contributed by atoms with Crippen molar-refractivity contribution < 1.29 is 22.8 Å². The zero-order valence-electron chi connectivity index (χ0n) is 15.1. The summed E-state index contributed by atoms with van der Waals surface area (Å²) in [5.74, 6) is -0.628. The average Bonchev–Trinajstić information content (AvgIpc) is 2.61.